The van der Waals surface area contributed by atoms with Crippen molar-refractivity contribution in [1.82, 2.24) is 5.32 Å². The summed E-state index contributed by atoms with van der Waals surface area (Å²) in [5.74, 6) is 0. The van der Waals surface area contributed by atoms with Crippen molar-refractivity contribution in [3.8, 4) is 0 Å². The molecular formula is C10H23NO3. The van der Waals surface area contributed by atoms with E-state index < -0.39 is 0 Å². The molecule has 0 rings (SSSR count). The molecular weight excluding hydrogens is 182 g/mol. The molecule has 2 atom stereocenters. The van der Waals surface area contributed by atoms with Crippen LogP contribution in [0.5, 0.6) is 0 Å². The third kappa shape index (κ3) is 7.26. The maximum atomic E-state index is 5.23. The summed E-state index contributed by atoms with van der Waals surface area (Å²) in [7, 11) is 5.10. The molecule has 0 aliphatic heterocycles. The van der Waals surface area contributed by atoms with E-state index in [1.54, 1.807) is 21.3 Å². The third-order valence-corrected chi connectivity index (χ3v) is 2.13. The van der Waals surface area contributed by atoms with Crippen molar-refractivity contribution in [1.29, 1.82) is 0 Å². The van der Waals surface area contributed by atoms with E-state index in [0.29, 0.717) is 12.6 Å². The average molecular weight is 205 g/mol. The quantitative estimate of drug-likeness (QED) is 0.600. The van der Waals surface area contributed by atoms with Crippen LogP contribution in [0.1, 0.15) is 13.3 Å². The monoisotopic (exact) mass is 205 g/mol. The number of ether oxygens (including phenoxy) is 3. The smallest absolute Gasteiger partial charge is 0.0928 e. The van der Waals surface area contributed by atoms with Gasteiger partial charge in [-0.1, -0.05) is 0 Å². The van der Waals surface area contributed by atoms with Crippen LogP contribution >= 0.6 is 0 Å². The first-order valence-corrected chi connectivity index (χ1v) is 4.98. The Morgan fingerprint density at radius 2 is 1.86 bits per heavy atom. The second kappa shape index (κ2) is 9.40. The fourth-order valence-corrected chi connectivity index (χ4v) is 1.13. The molecule has 0 aromatic carbocycles. The van der Waals surface area contributed by atoms with Crippen LogP contribution in [-0.2, 0) is 14.2 Å². The summed E-state index contributed by atoms with van der Waals surface area (Å²) in [6.07, 6.45) is 1.14. The van der Waals surface area contributed by atoms with Crippen LogP contribution in [0.3, 0.4) is 0 Å². The average Bonchev–Trinajstić information content (AvgIpc) is 2.21. The first kappa shape index (κ1) is 13.8. The number of nitrogens with one attached hydrogen (secondary N) is 1. The lowest BCUT2D eigenvalue weighted by Gasteiger charge is -2.18. The Morgan fingerprint density at radius 3 is 2.36 bits per heavy atom. The van der Waals surface area contributed by atoms with E-state index in [2.05, 4.69) is 12.2 Å². The van der Waals surface area contributed by atoms with Crippen molar-refractivity contribution < 1.29 is 14.2 Å². The SMILES string of the molecule is COCCC(C)NCC(COC)OC. The van der Waals surface area contributed by atoms with Gasteiger partial charge in [-0.3, -0.25) is 0 Å². The van der Waals surface area contributed by atoms with Crippen LogP contribution in [0.15, 0.2) is 0 Å². The van der Waals surface area contributed by atoms with Gasteiger partial charge in [0, 0.05) is 40.5 Å². The maximum absolute atomic E-state index is 5.23. The zero-order chi connectivity index (χ0) is 10.8. The molecule has 0 fully saturated rings. The minimum Gasteiger partial charge on any atom is -0.385 e. The van der Waals surface area contributed by atoms with Crippen molar-refractivity contribution in [2.75, 3.05) is 41.1 Å². The Hall–Kier alpha value is -0.160. The number of hydrogen-bond acceptors (Lipinski definition) is 4. The molecule has 0 saturated heterocycles. The molecule has 4 heteroatoms. The van der Waals surface area contributed by atoms with Gasteiger partial charge < -0.3 is 19.5 Å². The van der Waals surface area contributed by atoms with E-state index in [9.17, 15) is 0 Å². The van der Waals surface area contributed by atoms with E-state index in [-0.39, 0.29) is 6.10 Å². The molecule has 14 heavy (non-hydrogen) atoms. The van der Waals surface area contributed by atoms with Gasteiger partial charge in [0.2, 0.25) is 0 Å². The van der Waals surface area contributed by atoms with Crippen LogP contribution in [0.4, 0.5) is 0 Å². The summed E-state index contributed by atoms with van der Waals surface area (Å²) < 4.78 is 15.2. The number of rotatable bonds is 9. The minimum absolute atomic E-state index is 0.130. The Kier molecular flexibility index (Phi) is 9.29. The Balaban J connectivity index is 3.46. The van der Waals surface area contributed by atoms with Gasteiger partial charge in [-0.05, 0) is 13.3 Å². The lowest BCUT2D eigenvalue weighted by molar-refractivity contribution is 0.0270. The van der Waals surface area contributed by atoms with Crippen molar-refractivity contribution in [2.45, 2.75) is 25.5 Å². The maximum Gasteiger partial charge on any atom is 0.0928 e. The van der Waals surface area contributed by atoms with Gasteiger partial charge in [0.25, 0.3) is 0 Å². The number of methoxy groups -OCH3 is 3. The molecule has 0 bridgehead atoms. The van der Waals surface area contributed by atoms with Crippen molar-refractivity contribution in [2.24, 2.45) is 0 Å². The predicted octanol–water partition coefficient (Wildman–Crippen LogP) is 0.662. The molecule has 0 spiro atoms. The number of hydrogen-bond donors (Lipinski definition) is 1. The lowest BCUT2D eigenvalue weighted by Crippen LogP contribution is -2.37. The Morgan fingerprint density at radius 1 is 1.14 bits per heavy atom. The molecule has 0 saturated carbocycles. The summed E-state index contributed by atoms with van der Waals surface area (Å²) in [5.41, 5.74) is 0. The summed E-state index contributed by atoms with van der Waals surface area (Å²) in [5, 5.41) is 3.37. The molecule has 0 aromatic rings. The topological polar surface area (TPSA) is 39.7 Å². The molecule has 0 aliphatic rings. The summed E-state index contributed by atoms with van der Waals surface area (Å²) >= 11 is 0. The fourth-order valence-electron chi connectivity index (χ4n) is 1.13. The summed E-state index contributed by atoms with van der Waals surface area (Å²) in [4.78, 5) is 0. The predicted molar refractivity (Wildman–Crippen MR) is 56.6 cm³/mol. The van der Waals surface area contributed by atoms with Gasteiger partial charge in [-0.15, -0.1) is 0 Å². The lowest BCUT2D eigenvalue weighted by atomic mass is 10.2. The first-order valence-electron chi connectivity index (χ1n) is 4.98. The van der Waals surface area contributed by atoms with Crippen molar-refractivity contribution in [3.63, 3.8) is 0 Å². The van der Waals surface area contributed by atoms with Gasteiger partial charge in [0.15, 0.2) is 0 Å². The molecule has 2 unspecified atom stereocenters. The summed E-state index contributed by atoms with van der Waals surface area (Å²) in [6.45, 7) is 4.37. The largest absolute Gasteiger partial charge is 0.385 e. The zero-order valence-electron chi connectivity index (χ0n) is 9.71. The zero-order valence-corrected chi connectivity index (χ0v) is 9.71. The molecule has 0 aromatic heterocycles. The van der Waals surface area contributed by atoms with Crippen molar-refractivity contribution >= 4 is 0 Å². The Bertz CT molecular complexity index is 122. The van der Waals surface area contributed by atoms with Crippen molar-refractivity contribution in [3.05, 3.63) is 0 Å². The third-order valence-electron chi connectivity index (χ3n) is 2.13. The highest BCUT2D eigenvalue weighted by molar-refractivity contribution is 4.65. The molecule has 0 amide bonds. The van der Waals surface area contributed by atoms with Gasteiger partial charge in [0.1, 0.15) is 0 Å². The fraction of sp³-hybridized carbons (Fsp3) is 1.00. The second-order valence-electron chi connectivity index (χ2n) is 3.40. The molecule has 1 N–H and O–H groups in total. The van der Waals surface area contributed by atoms with E-state index in [1.807, 2.05) is 0 Å². The molecule has 4 nitrogen and oxygen atoms in total. The van der Waals surface area contributed by atoms with Gasteiger partial charge >= 0.3 is 0 Å². The van der Waals surface area contributed by atoms with Crippen LogP contribution in [0, 0.1) is 0 Å². The van der Waals surface area contributed by atoms with Gasteiger partial charge in [-0.2, -0.15) is 0 Å². The Labute approximate surface area is 86.9 Å². The van der Waals surface area contributed by atoms with E-state index >= 15 is 0 Å². The highest BCUT2D eigenvalue weighted by Gasteiger charge is 2.08. The van der Waals surface area contributed by atoms with Gasteiger partial charge in [0.05, 0.1) is 12.7 Å². The van der Waals surface area contributed by atoms with Crippen LogP contribution in [0.25, 0.3) is 0 Å². The molecule has 0 radical (unpaired) electrons. The highest BCUT2D eigenvalue weighted by atomic mass is 16.5. The van der Waals surface area contributed by atoms with Gasteiger partial charge in [-0.25, -0.2) is 0 Å². The van der Waals surface area contributed by atoms with E-state index in [0.717, 1.165) is 19.6 Å². The van der Waals surface area contributed by atoms with E-state index in [4.69, 9.17) is 14.2 Å². The second-order valence-corrected chi connectivity index (χ2v) is 3.40. The summed E-state index contributed by atoms with van der Waals surface area (Å²) in [6, 6.07) is 0.449. The normalized spacial score (nSPS) is 15.4. The molecule has 0 aliphatic carbocycles. The van der Waals surface area contributed by atoms with Crippen LogP contribution in [0.2, 0.25) is 0 Å². The standard InChI is InChI=1S/C10H23NO3/c1-9(5-6-12-2)11-7-10(14-4)8-13-3/h9-11H,5-8H2,1-4H3. The molecule has 0 heterocycles. The first-order chi connectivity index (χ1) is 6.74. The van der Waals surface area contributed by atoms with E-state index in [1.165, 1.54) is 0 Å². The van der Waals surface area contributed by atoms with Crippen LogP contribution < -0.4 is 5.32 Å². The minimum atomic E-state index is 0.130. The molecule has 86 valence electrons. The highest BCUT2D eigenvalue weighted by Crippen LogP contribution is 1.94. The van der Waals surface area contributed by atoms with Crippen LogP contribution in [-0.4, -0.2) is 53.2 Å².